The van der Waals surface area contributed by atoms with Crippen LogP contribution < -0.4 is 5.32 Å². The fourth-order valence-corrected chi connectivity index (χ4v) is 2.07. The maximum absolute atomic E-state index is 12.5. The molecule has 0 saturated carbocycles. The molecule has 1 saturated heterocycles. The Morgan fingerprint density at radius 3 is 3.14 bits per heavy atom. The Kier molecular flexibility index (Phi) is 4.90. The molecule has 0 spiro atoms. The van der Waals surface area contributed by atoms with E-state index in [2.05, 4.69) is 22.1 Å². The average Bonchev–Trinajstić information content (AvgIpc) is 2.50. The molecule has 21 heavy (non-hydrogen) atoms. The van der Waals surface area contributed by atoms with E-state index in [0.717, 1.165) is 0 Å². The molecule has 0 aromatic carbocycles. The van der Waals surface area contributed by atoms with E-state index in [-0.39, 0.29) is 18.4 Å². The van der Waals surface area contributed by atoms with Gasteiger partial charge in [-0.3, -0.25) is 14.6 Å². The number of carbonyl (C=O) groups excluding carboxylic acids is 2. The first-order valence-corrected chi connectivity index (χ1v) is 6.77. The molecular formula is C15H17N3O3. The third-order valence-electron chi connectivity index (χ3n) is 3.21. The number of pyridine rings is 1. The molecule has 2 rings (SSSR count). The first kappa shape index (κ1) is 15.0. The van der Waals surface area contributed by atoms with Crippen molar-refractivity contribution >= 4 is 11.8 Å². The summed E-state index contributed by atoms with van der Waals surface area (Å²) in [7, 11) is 0. The lowest BCUT2D eigenvalue weighted by Crippen LogP contribution is -2.55. The lowest BCUT2D eigenvalue weighted by molar-refractivity contribution is -0.127. The number of amides is 2. The van der Waals surface area contributed by atoms with Crippen LogP contribution in [0.2, 0.25) is 0 Å². The molecule has 0 radical (unpaired) electrons. The SMILES string of the molecule is CC1C(=O)NCCN1C(=O)c1cncc(C#CCCO)c1. The van der Waals surface area contributed by atoms with E-state index in [1.54, 1.807) is 19.2 Å². The topological polar surface area (TPSA) is 82.5 Å². The Morgan fingerprint density at radius 2 is 2.38 bits per heavy atom. The minimum Gasteiger partial charge on any atom is -0.395 e. The smallest absolute Gasteiger partial charge is 0.256 e. The van der Waals surface area contributed by atoms with E-state index in [1.165, 1.54) is 11.1 Å². The Morgan fingerprint density at radius 1 is 1.57 bits per heavy atom. The Bertz CT molecular complexity index is 604. The summed E-state index contributed by atoms with van der Waals surface area (Å²) in [6, 6.07) is 1.16. The number of hydrogen-bond donors (Lipinski definition) is 2. The van der Waals surface area contributed by atoms with Gasteiger partial charge in [0.1, 0.15) is 6.04 Å². The van der Waals surface area contributed by atoms with Crippen LogP contribution in [0, 0.1) is 11.8 Å². The van der Waals surface area contributed by atoms with Gasteiger partial charge >= 0.3 is 0 Å². The average molecular weight is 287 g/mol. The molecule has 1 aliphatic rings. The van der Waals surface area contributed by atoms with Gasteiger partial charge < -0.3 is 15.3 Å². The van der Waals surface area contributed by atoms with Crippen LogP contribution in [-0.2, 0) is 4.79 Å². The molecular weight excluding hydrogens is 270 g/mol. The summed E-state index contributed by atoms with van der Waals surface area (Å²) in [5.74, 6) is 5.25. The van der Waals surface area contributed by atoms with Crippen LogP contribution in [0.5, 0.6) is 0 Å². The zero-order valence-electron chi connectivity index (χ0n) is 11.8. The van der Waals surface area contributed by atoms with Crippen molar-refractivity contribution in [3.63, 3.8) is 0 Å². The lowest BCUT2D eigenvalue weighted by Gasteiger charge is -2.32. The number of aromatic nitrogens is 1. The van der Waals surface area contributed by atoms with E-state index >= 15 is 0 Å². The number of hydrogen-bond acceptors (Lipinski definition) is 4. The second-order valence-corrected chi connectivity index (χ2v) is 4.70. The zero-order chi connectivity index (χ0) is 15.2. The van der Waals surface area contributed by atoms with Crippen molar-refractivity contribution in [1.29, 1.82) is 0 Å². The van der Waals surface area contributed by atoms with Crippen molar-refractivity contribution < 1.29 is 14.7 Å². The van der Waals surface area contributed by atoms with Gasteiger partial charge in [-0.25, -0.2) is 0 Å². The summed E-state index contributed by atoms with van der Waals surface area (Å²) in [6.07, 6.45) is 3.41. The van der Waals surface area contributed by atoms with E-state index in [0.29, 0.717) is 30.6 Å². The Labute approximate surface area is 123 Å². The highest BCUT2D eigenvalue weighted by Crippen LogP contribution is 2.11. The molecule has 1 unspecified atom stereocenters. The third kappa shape index (κ3) is 3.58. The first-order chi connectivity index (χ1) is 10.1. The van der Waals surface area contributed by atoms with Gasteiger partial charge in [0.25, 0.3) is 5.91 Å². The quantitative estimate of drug-likeness (QED) is 0.737. The second-order valence-electron chi connectivity index (χ2n) is 4.70. The number of nitrogens with zero attached hydrogens (tertiary/aromatic N) is 2. The van der Waals surface area contributed by atoms with Crippen LogP contribution in [0.4, 0.5) is 0 Å². The largest absolute Gasteiger partial charge is 0.395 e. The van der Waals surface area contributed by atoms with Crippen LogP contribution >= 0.6 is 0 Å². The van der Waals surface area contributed by atoms with Gasteiger partial charge in [-0.15, -0.1) is 0 Å². The van der Waals surface area contributed by atoms with Crippen molar-refractivity contribution in [2.75, 3.05) is 19.7 Å². The van der Waals surface area contributed by atoms with E-state index < -0.39 is 6.04 Å². The van der Waals surface area contributed by atoms with Crippen molar-refractivity contribution in [2.24, 2.45) is 0 Å². The molecule has 2 amide bonds. The van der Waals surface area contributed by atoms with Crippen LogP contribution in [0.3, 0.4) is 0 Å². The number of rotatable bonds is 2. The first-order valence-electron chi connectivity index (χ1n) is 6.77. The molecule has 1 aromatic rings. The molecule has 6 nitrogen and oxygen atoms in total. The van der Waals surface area contributed by atoms with Gasteiger partial charge in [0, 0.05) is 37.5 Å². The number of aliphatic hydroxyl groups excluding tert-OH is 1. The normalized spacial score (nSPS) is 17.7. The summed E-state index contributed by atoms with van der Waals surface area (Å²) >= 11 is 0. The molecule has 2 N–H and O–H groups in total. The lowest BCUT2D eigenvalue weighted by atomic mass is 10.1. The van der Waals surface area contributed by atoms with Gasteiger partial charge in [-0.2, -0.15) is 0 Å². The number of piperazine rings is 1. The van der Waals surface area contributed by atoms with Crippen LogP contribution in [0.25, 0.3) is 0 Å². The fourth-order valence-electron chi connectivity index (χ4n) is 2.07. The molecule has 1 aromatic heterocycles. The predicted octanol–water partition coefficient (Wildman–Crippen LogP) is -0.224. The molecule has 2 heterocycles. The highest BCUT2D eigenvalue weighted by molar-refractivity contribution is 5.98. The summed E-state index contributed by atoms with van der Waals surface area (Å²) in [5.41, 5.74) is 1.02. The van der Waals surface area contributed by atoms with Gasteiger partial charge in [0.05, 0.1) is 12.2 Å². The van der Waals surface area contributed by atoms with Crippen LogP contribution in [-0.4, -0.2) is 52.5 Å². The molecule has 1 fully saturated rings. The Balaban J connectivity index is 2.18. The van der Waals surface area contributed by atoms with Crippen molar-refractivity contribution in [3.05, 3.63) is 29.6 Å². The van der Waals surface area contributed by atoms with Crippen molar-refractivity contribution in [2.45, 2.75) is 19.4 Å². The van der Waals surface area contributed by atoms with Gasteiger partial charge in [0.2, 0.25) is 5.91 Å². The highest BCUT2D eigenvalue weighted by Gasteiger charge is 2.29. The number of carbonyl (C=O) groups is 2. The summed E-state index contributed by atoms with van der Waals surface area (Å²) in [6.45, 7) is 2.63. The maximum Gasteiger partial charge on any atom is 0.256 e. The molecule has 1 aliphatic heterocycles. The van der Waals surface area contributed by atoms with E-state index in [4.69, 9.17) is 5.11 Å². The minimum atomic E-state index is -0.490. The summed E-state index contributed by atoms with van der Waals surface area (Å²) in [4.78, 5) is 29.6. The van der Waals surface area contributed by atoms with Crippen LogP contribution in [0.15, 0.2) is 18.5 Å². The summed E-state index contributed by atoms with van der Waals surface area (Å²) < 4.78 is 0. The van der Waals surface area contributed by atoms with E-state index in [9.17, 15) is 9.59 Å². The standard InChI is InChI=1S/C15H17N3O3/c1-11-14(20)17-5-6-18(11)15(21)13-8-12(9-16-10-13)4-2-3-7-19/h8-11,19H,3,5-7H2,1H3,(H,17,20). The molecule has 0 aliphatic carbocycles. The zero-order valence-corrected chi connectivity index (χ0v) is 11.8. The van der Waals surface area contributed by atoms with Gasteiger partial charge in [-0.1, -0.05) is 11.8 Å². The monoisotopic (exact) mass is 287 g/mol. The number of nitrogens with one attached hydrogen (secondary N) is 1. The number of aliphatic hydroxyl groups is 1. The molecule has 6 heteroatoms. The highest BCUT2D eigenvalue weighted by atomic mass is 16.2. The maximum atomic E-state index is 12.5. The van der Waals surface area contributed by atoms with E-state index in [1.807, 2.05) is 0 Å². The van der Waals surface area contributed by atoms with Crippen LogP contribution in [0.1, 0.15) is 29.3 Å². The van der Waals surface area contributed by atoms with Crippen molar-refractivity contribution in [3.8, 4) is 11.8 Å². The molecule has 110 valence electrons. The van der Waals surface area contributed by atoms with Gasteiger partial charge in [0.15, 0.2) is 0 Å². The predicted molar refractivity (Wildman–Crippen MR) is 76.3 cm³/mol. The third-order valence-corrected chi connectivity index (χ3v) is 3.21. The Hall–Kier alpha value is -2.39. The van der Waals surface area contributed by atoms with Crippen molar-refractivity contribution in [1.82, 2.24) is 15.2 Å². The van der Waals surface area contributed by atoms with Gasteiger partial charge in [-0.05, 0) is 13.0 Å². The second kappa shape index (κ2) is 6.86. The molecule has 1 atom stereocenters. The fraction of sp³-hybridized carbons (Fsp3) is 0.400. The summed E-state index contributed by atoms with van der Waals surface area (Å²) in [5, 5.41) is 11.4. The molecule has 0 bridgehead atoms. The minimum absolute atomic E-state index is 0.000542.